The normalized spacial score (nSPS) is 19.3. The van der Waals surface area contributed by atoms with E-state index >= 15 is 0 Å². The first kappa shape index (κ1) is 15.6. The largest absolute Gasteiger partial charge is 0.378 e. The van der Waals surface area contributed by atoms with Crippen LogP contribution in [0.1, 0.15) is 25.0 Å². The van der Waals surface area contributed by atoms with E-state index in [1.165, 1.54) is 19.3 Å². The molecule has 7 heteroatoms. The van der Waals surface area contributed by atoms with Crippen LogP contribution < -0.4 is 10.2 Å². The van der Waals surface area contributed by atoms with E-state index in [-0.39, 0.29) is 6.03 Å². The van der Waals surface area contributed by atoms with Gasteiger partial charge in [0, 0.05) is 44.5 Å². The fraction of sp³-hybridized carbons (Fsp3) is 0.733. The Morgan fingerprint density at radius 3 is 2.77 bits per heavy atom. The maximum absolute atomic E-state index is 12.0. The summed E-state index contributed by atoms with van der Waals surface area (Å²) in [5, 5.41) is 6.22. The van der Waals surface area contributed by atoms with E-state index in [1.54, 1.807) is 11.3 Å². The predicted molar refractivity (Wildman–Crippen MR) is 87.7 cm³/mol. The Morgan fingerprint density at radius 1 is 1.23 bits per heavy atom. The number of nitrogens with one attached hydrogen (secondary N) is 1. The molecule has 6 nitrogen and oxygen atoms in total. The summed E-state index contributed by atoms with van der Waals surface area (Å²) in [6, 6.07) is 0.00906. The molecule has 0 bridgehead atoms. The van der Waals surface area contributed by atoms with Crippen molar-refractivity contribution in [3.8, 4) is 0 Å². The number of aromatic nitrogens is 1. The summed E-state index contributed by atoms with van der Waals surface area (Å²) in [5.41, 5.74) is 1.08. The van der Waals surface area contributed by atoms with Gasteiger partial charge in [0.2, 0.25) is 0 Å². The molecule has 22 heavy (non-hydrogen) atoms. The minimum atomic E-state index is 0.00906. The summed E-state index contributed by atoms with van der Waals surface area (Å²) in [5.74, 6) is 0. The van der Waals surface area contributed by atoms with Gasteiger partial charge in [-0.05, 0) is 19.3 Å². The highest BCUT2D eigenvalue weighted by atomic mass is 32.1. The highest BCUT2D eigenvalue weighted by Gasteiger charge is 2.17. The maximum Gasteiger partial charge on any atom is 0.317 e. The molecule has 2 saturated heterocycles. The van der Waals surface area contributed by atoms with E-state index in [9.17, 15) is 4.79 Å². The quantitative estimate of drug-likeness (QED) is 0.916. The zero-order chi connectivity index (χ0) is 15.2. The molecule has 0 aliphatic carbocycles. The molecular weight excluding hydrogens is 300 g/mol. The number of ether oxygens (including phenoxy) is 1. The van der Waals surface area contributed by atoms with E-state index in [2.05, 4.69) is 15.6 Å². The molecule has 3 rings (SSSR count). The van der Waals surface area contributed by atoms with Gasteiger partial charge in [-0.3, -0.25) is 0 Å². The molecule has 0 saturated carbocycles. The van der Waals surface area contributed by atoms with Gasteiger partial charge in [-0.1, -0.05) is 0 Å². The third-order valence-corrected chi connectivity index (χ3v) is 5.07. The summed E-state index contributed by atoms with van der Waals surface area (Å²) in [6.07, 6.45) is 4.66. The lowest BCUT2D eigenvalue weighted by atomic mass is 10.1. The number of nitrogens with zero attached hydrogens (tertiary/aromatic N) is 3. The van der Waals surface area contributed by atoms with Crippen molar-refractivity contribution in [2.75, 3.05) is 50.8 Å². The van der Waals surface area contributed by atoms with Crippen LogP contribution >= 0.6 is 11.3 Å². The van der Waals surface area contributed by atoms with Gasteiger partial charge in [-0.25, -0.2) is 9.78 Å². The minimum Gasteiger partial charge on any atom is -0.378 e. The lowest BCUT2D eigenvalue weighted by Crippen LogP contribution is -2.46. The zero-order valence-corrected chi connectivity index (χ0v) is 13.7. The Kier molecular flexibility index (Phi) is 5.50. The molecule has 0 spiro atoms. The van der Waals surface area contributed by atoms with Gasteiger partial charge in [0.1, 0.15) is 0 Å². The van der Waals surface area contributed by atoms with Crippen molar-refractivity contribution in [2.24, 2.45) is 0 Å². The summed E-state index contributed by atoms with van der Waals surface area (Å²) in [4.78, 5) is 20.9. The van der Waals surface area contributed by atoms with Crippen LogP contribution in [0, 0.1) is 0 Å². The molecule has 0 unspecified atom stereocenters. The Morgan fingerprint density at radius 2 is 2.00 bits per heavy atom. The van der Waals surface area contributed by atoms with Gasteiger partial charge in [-0.15, -0.1) is 11.3 Å². The Labute approximate surface area is 135 Å². The number of hydrogen-bond acceptors (Lipinski definition) is 5. The van der Waals surface area contributed by atoms with Crippen molar-refractivity contribution in [3.05, 3.63) is 11.1 Å². The molecule has 0 aromatic carbocycles. The molecule has 3 heterocycles. The molecule has 0 radical (unpaired) electrons. The van der Waals surface area contributed by atoms with Gasteiger partial charge in [-0.2, -0.15) is 0 Å². The highest BCUT2D eigenvalue weighted by Crippen LogP contribution is 2.24. The van der Waals surface area contributed by atoms with E-state index in [1.807, 2.05) is 4.90 Å². The summed E-state index contributed by atoms with van der Waals surface area (Å²) >= 11 is 1.72. The summed E-state index contributed by atoms with van der Waals surface area (Å²) in [7, 11) is 0. The summed E-state index contributed by atoms with van der Waals surface area (Å²) in [6.45, 7) is 5.53. The first-order valence-corrected chi connectivity index (χ1v) is 9.01. The SMILES string of the molecule is O=C(NCCc1csc(N2CCCCC2)n1)N1CCOCC1. The molecule has 1 N–H and O–H groups in total. The van der Waals surface area contributed by atoms with E-state index in [0.717, 1.165) is 30.3 Å². The monoisotopic (exact) mass is 324 g/mol. The third-order valence-electron chi connectivity index (χ3n) is 4.12. The molecule has 2 amide bonds. The fourth-order valence-corrected chi connectivity index (χ4v) is 3.73. The highest BCUT2D eigenvalue weighted by molar-refractivity contribution is 7.13. The van der Waals surface area contributed by atoms with Crippen molar-refractivity contribution < 1.29 is 9.53 Å². The number of carbonyl (C=O) groups excluding carboxylic acids is 1. The van der Waals surface area contributed by atoms with E-state index in [4.69, 9.17) is 9.72 Å². The van der Waals surface area contributed by atoms with E-state index in [0.29, 0.717) is 32.8 Å². The number of morpholine rings is 1. The maximum atomic E-state index is 12.0. The van der Waals surface area contributed by atoms with Gasteiger partial charge in [0.25, 0.3) is 0 Å². The van der Waals surface area contributed by atoms with Crippen molar-refractivity contribution in [1.29, 1.82) is 0 Å². The fourth-order valence-electron chi connectivity index (χ4n) is 2.82. The topological polar surface area (TPSA) is 57.7 Å². The Hall–Kier alpha value is -1.34. The van der Waals surface area contributed by atoms with Crippen LogP contribution in [0.3, 0.4) is 0 Å². The number of anilines is 1. The van der Waals surface area contributed by atoms with Gasteiger partial charge < -0.3 is 19.9 Å². The molecule has 2 aliphatic rings. The predicted octanol–water partition coefficient (Wildman–Crippen LogP) is 1.72. The van der Waals surface area contributed by atoms with Crippen molar-refractivity contribution >= 4 is 22.5 Å². The number of hydrogen-bond donors (Lipinski definition) is 1. The van der Waals surface area contributed by atoms with Crippen molar-refractivity contribution in [3.63, 3.8) is 0 Å². The van der Waals surface area contributed by atoms with E-state index < -0.39 is 0 Å². The van der Waals surface area contributed by atoms with Crippen molar-refractivity contribution in [1.82, 2.24) is 15.2 Å². The smallest absolute Gasteiger partial charge is 0.317 e. The molecule has 122 valence electrons. The van der Waals surface area contributed by atoms with Crippen LogP contribution in [0.5, 0.6) is 0 Å². The van der Waals surface area contributed by atoms with Crippen LogP contribution in [-0.4, -0.2) is 61.9 Å². The average molecular weight is 324 g/mol. The van der Waals surface area contributed by atoms with Crippen LogP contribution in [0.25, 0.3) is 0 Å². The van der Waals surface area contributed by atoms with Crippen LogP contribution in [0.15, 0.2) is 5.38 Å². The Balaban J connectivity index is 1.41. The second-order valence-corrected chi connectivity index (χ2v) is 6.59. The first-order valence-electron chi connectivity index (χ1n) is 8.13. The molecule has 2 aliphatic heterocycles. The zero-order valence-electron chi connectivity index (χ0n) is 12.9. The number of amides is 2. The van der Waals surface area contributed by atoms with Gasteiger partial charge >= 0.3 is 6.03 Å². The van der Waals surface area contributed by atoms with Crippen molar-refractivity contribution in [2.45, 2.75) is 25.7 Å². The number of carbonyl (C=O) groups is 1. The number of thiazole rings is 1. The lowest BCUT2D eigenvalue weighted by molar-refractivity contribution is 0.0533. The van der Waals surface area contributed by atoms with Crippen LogP contribution in [-0.2, 0) is 11.2 Å². The third kappa shape index (κ3) is 4.10. The second kappa shape index (κ2) is 7.78. The number of urea groups is 1. The molecule has 2 fully saturated rings. The molecule has 0 atom stereocenters. The second-order valence-electron chi connectivity index (χ2n) is 5.75. The first-order chi connectivity index (χ1) is 10.8. The summed E-state index contributed by atoms with van der Waals surface area (Å²) < 4.78 is 5.25. The standard InChI is InChI=1S/C15H24N4O2S/c20-14(18-8-10-21-11-9-18)16-5-4-13-12-22-15(17-13)19-6-2-1-3-7-19/h12H,1-11H2,(H,16,20). The molecular formula is C15H24N4O2S. The van der Waals surface area contributed by atoms with Gasteiger partial charge in [0.05, 0.1) is 18.9 Å². The lowest BCUT2D eigenvalue weighted by Gasteiger charge is -2.26. The number of piperidine rings is 1. The van der Waals surface area contributed by atoms with Crippen LogP contribution in [0.4, 0.5) is 9.93 Å². The number of rotatable bonds is 4. The van der Waals surface area contributed by atoms with Gasteiger partial charge in [0.15, 0.2) is 5.13 Å². The molecule has 1 aromatic rings. The minimum absolute atomic E-state index is 0.00906. The Bertz CT molecular complexity index is 482. The van der Waals surface area contributed by atoms with Crippen LogP contribution in [0.2, 0.25) is 0 Å². The molecule has 1 aromatic heterocycles. The average Bonchev–Trinajstić information content (AvgIpc) is 3.05.